The van der Waals surface area contributed by atoms with Crippen molar-refractivity contribution in [3.8, 4) is 0 Å². The fourth-order valence-electron chi connectivity index (χ4n) is 2.25. The van der Waals surface area contributed by atoms with Crippen molar-refractivity contribution in [3.05, 3.63) is 29.8 Å². The molecule has 0 aliphatic heterocycles. The summed E-state index contributed by atoms with van der Waals surface area (Å²) in [5.41, 5.74) is 2.58. The Morgan fingerprint density at radius 1 is 1.33 bits per heavy atom. The Kier molecular flexibility index (Phi) is 6.16. The van der Waals surface area contributed by atoms with Gasteiger partial charge in [-0.3, -0.25) is 0 Å². The van der Waals surface area contributed by atoms with E-state index in [0.717, 1.165) is 13.0 Å². The maximum atomic E-state index is 5.17. The van der Waals surface area contributed by atoms with Crippen molar-refractivity contribution in [2.45, 2.75) is 19.4 Å². The SMILES string of the molecule is CNC(c1cccc(N(C)C)c1)C(C)CCOC. The first-order valence-corrected chi connectivity index (χ1v) is 6.53. The van der Waals surface area contributed by atoms with Gasteiger partial charge in [0.25, 0.3) is 0 Å². The molecule has 3 nitrogen and oxygen atoms in total. The predicted molar refractivity (Wildman–Crippen MR) is 78.2 cm³/mol. The molecule has 1 rings (SSSR count). The van der Waals surface area contributed by atoms with Gasteiger partial charge in [-0.25, -0.2) is 0 Å². The average molecular weight is 250 g/mol. The van der Waals surface area contributed by atoms with Crippen molar-refractivity contribution < 1.29 is 4.74 Å². The van der Waals surface area contributed by atoms with E-state index in [1.807, 2.05) is 7.05 Å². The minimum Gasteiger partial charge on any atom is -0.385 e. The predicted octanol–water partition coefficient (Wildman–Crippen LogP) is 2.69. The molecule has 0 fully saturated rings. The van der Waals surface area contributed by atoms with Gasteiger partial charge in [0.15, 0.2) is 0 Å². The van der Waals surface area contributed by atoms with Gasteiger partial charge in [0.2, 0.25) is 0 Å². The third-order valence-corrected chi connectivity index (χ3v) is 3.40. The van der Waals surface area contributed by atoms with Crippen molar-refractivity contribution in [1.82, 2.24) is 5.32 Å². The van der Waals surface area contributed by atoms with Crippen LogP contribution >= 0.6 is 0 Å². The van der Waals surface area contributed by atoms with Crippen LogP contribution in [-0.2, 0) is 4.74 Å². The number of hydrogen-bond acceptors (Lipinski definition) is 3. The van der Waals surface area contributed by atoms with Crippen LogP contribution in [0, 0.1) is 5.92 Å². The zero-order chi connectivity index (χ0) is 13.5. The van der Waals surface area contributed by atoms with Gasteiger partial charge in [0, 0.05) is 39.5 Å². The highest BCUT2D eigenvalue weighted by molar-refractivity contribution is 5.47. The van der Waals surface area contributed by atoms with E-state index in [2.05, 4.69) is 55.5 Å². The molecule has 18 heavy (non-hydrogen) atoms. The molecule has 0 radical (unpaired) electrons. The quantitative estimate of drug-likeness (QED) is 0.805. The first-order chi connectivity index (χ1) is 8.60. The first-order valence-electron chi connectivity index (χ1n) is 6.53. The highest BCUT2D eigenvalue weighted by Gasteiger charge is 2.17. The molecule has 0 aromatic heterocycles. The average Bonchev–Trinajstić information content (AvgIpc) is 2.37. The second-order valence-corrected chi connectivity index (χ2v) is 5.01. The molecule has 1 N–H and O–H groups in total. The lowest BCUT2D eigenvalue weighted by Gasteiger charge is -2.25. The third kappa shape index (κ3) is 4.00. The van der Waals surface area contributed by atoms with Crippen LogP contribution in [-0.4, -0.2) is 34.9 Å². The van der Waals surface area contributed by atoms with E-state index in [4.69, 9.17) is 4.74 Å². The maximum absolute atomic E-state index is 5.17. The number of benzene rings is 1. The molecule has 0 aliphatic carbocycles. The minimum absolute atomic E-state index is 0.375. The van der Waals surface area contributed by atoms with Crippen LogP contribution in [0.5, 0.6) is 0 Å². The fourth-order valence-corrected chi connectivity index (χ4v) is 2.25. The standard InChI is InChI=1S/C15H26N2O/c1-12(9-10-18-5)15(16-2)13-7-6-8-14(11-13)17(3)4/h6-8,11-12,15-16H,9-10H2,1-5H3. The summed E-state index contributed by atoms with van der Waals surface area (Å²) in [7, 11) is 7.92. The van der Waals surface area contributed by atoms with E-state index in [1.165, 1.54) is 11.3 Å². The Morgan fingerprint density at radius 2 is 2.06 bits per heavy atom. The van der Waals surface area contributed by atoms with Gasteiger partial charge in [0.1, 0.15) is 0 Å². The van der Waals surface area contributed by atoms with Gasteiger partial charge < -0.3 is 15.0 Å². The highest BCUT2D eigenvalue weighted by Crippen LogP contribution is 2.26. The first kappa shape index (κ1) is 15.0. The van der Waals surface area contributed by atoms with E-state index in [-0.39, 0.29) is 0 Å². The second kappa shape index (κ2) is 7.39. The van der Waals surface area contributed by atoms with Crippen molar-refractivity contribution >= 4 is 5.69 Å². The maximum Gasteiger partial charge on any atom is 0.0465 e. The molecule has 1 aromatic rings. The van der Waals surface area contributed by atoms with E-state index in [9.17, 15) is 0 Å². The normalized spacial score (nSPS) is 14.3. The molecular formula is C15H26N2O. The molecule has 0 spiro atoms. The molecular weight excluding hydrogens is 224 g/mol. The van der Waals surface area contributed by atoms with Gasteiger partial charge in [-0.2, -0.15) is 0 Å². The highest BCUT2D eigenvalue weighted by atomic mass is 16.5. The third-order valence-electron chi connectivity index (χ3n) is 3.40. The number of methoxy groups -OCH3 is 1. The van der Waals surface area contributed by atoms with Gasteiger partial charge in [-0.1, -0.05) is 19.1 Å². The van der Waals surface area contributed by atoms with E-state index < -0.39 is 0 Å². The summed E-state index contributed by atoms with van der Waals surface area (Å²) in [6.07, 6.45) is 1.06. The Labute approximate surface area is 111 Å². The molecule has 0 saturated carbocycles. The van der Waals surface area contributed by atoms with Crippen LogP contribution in [0.25, 0.3) is 0 Å². The second-order valence-electron chi connectivity index (χ2n) is 5.01. The largest absolute Gasteiger partial charge is 0.385 e. The summed E-state index contributed by atoms with van der Waals surface area (Å²) in [6.45, 7) is 3.08. The van der Waals surface area contributed by atoms with Crippen LogP contribution in [0.4, 0.5) is 5.69 Å². The molecule has 0 heterocycles. The zero-order valence-corrected chi connectivity index (χ0v) is 12.2. The Morgan fingerprint density at radius 3 is 2.61 bits per heavy atom. The Bertz CT molecular complexity index is 352. The van der Waals surface area contributed by atoms with Crippen LogP contribution < -0.4 is 10.2 Å². The van der Waals surface area contributed by atoms with Crippen molar-refractivity contribution in [2.24, 2.45) is 5.92 Å². The summed E-state index contributed by atoms with van der Waals surface area (Å²) in [5, 5.41) is 3.42. The monoisotopic (exact) mass is 250 g/mol. The van der Waals surface area contributed by atoms with Crippen LogP contribution in [0.15, 0.2) is 24.3 Å². The number of ether oxygens (including phenoxy) is 1. The lowest BCUT2D eigenvalue weighted by atomic mass is 9.92. The van der Waals surface area contributed by atoms with Crippen LogP contribution in [0.3, 0.4) is 0 Å². The lowest BCUT2D eigenvalue weighted by molar-refractivity contribution is 0.171. The number of hydrogen-bond donors (Lipinski definition) is 1. The molecule has 2 atom stereocenters. The van der Waals surface area contributed by atoms with Gasteiger partial charge in [0.05, 0.1) is 0 Å². The van der Waals surface area contributed by atoms with Crippen molar-refractivity contribution in [2.75, 3.05) is 39.8 Å². The Balaban J connectivity index is 2.84. The fraction of sp³-hybridized carbons (Fsp3) is 0.600. The van der Waals surface area contributed by atoms with Gasteiger partial charge >= 0.3 is 0 Å². The summed E-state index contributed by atoms with van der Waals surface area (Å²) < 4.78 is 5.17. The molecule has 102 valence electrons. The lowest BCUT2D eigenvalue weighted by Crippen LogP contribution is -2.24. The van der Waals surface area contributed by atoms with Crippen molar-refractivity contribution in [3.63, 3.8) is 0 Å². The van der Waals surface area contributed by atoms with Gasteiger partial charge in [-0.15, -0.1) is 0 Å². The van der Waals surface area contributed by atoms with Crippen LogP contribution in [0.2, 0.25) is 0 Å². The molecule has 0 saturated heterocycles. The summed E-state index contributed by atoms with van der Waals surface area (Å²) in [4.78, 5) is 2.13. The summed E-state index contributed by atoms with van der Waals surface area (Å²) in [5.74, 6) is 0.548. The number of nitrogens with zero attached hydrogens (tertiary/aromatic N) is 1. The molecule has 0 bridgehead atoms. The molecule has 0 amide bonds. The molecule has 1 aromatic carbocycles. The van der Waals surface area contributed by atoms with E-state index >= 15 is 0 Å². The zero-order valence-electron chi connectivity index (χ0n) is 12.2. The number of anilines is 1. The van der Waals surface area contributed by atoms with Crippen molar-refractivity contribution in [1.29, 1.82) is 0 Å². The number of nitrogens with one attached hydrogen (secondary N) is 1. The molecule has 0 aliphatic rings. The minimum atomic E-state index is 0.375. The summed E-state index contributed by atoms with van der Waals surface area (Å²) >= 11 is 0. The Hall–Kier alpha value is -1.06. The van der Waals surface area contributed by atoms with Crippen LogP contribution in [0.1, 0.15) is 24.9 Å². The summed E-state index contributed by atoms with van der Waals surface area (Å²) in [6, 6.07) is 9.08. The van der Waals surface area contributed by atoms with E-state index in [0.29, 0.717) is 12.0 Å². The smallest absolute Gasteiger partial charge is 0.0465 e. The van der Waals surface area contributed by atoms with Gasteiger partial charge in [-0.05, 0) is 37.1 Å². The number of rotatable bonds is 7. The topological polar surface area (TPSA) is 24.5 Å². The molecule has 3 heteroatoms. The van der Waals surface area contributed by atoms with E-state index in [1.54, 1.807) is 7.11 Å². The molecule has 2 unspecified atom stereocenters.